The molecule has 0 aliphatic carbocycles. The Bertz CT molecular complexity index is 1090. The molecule has 2 heterocycles. The van der Waals surface area contributed by atoms with Crippen molar-refractivity contribution in [3.8, 4) is 0 Å². The van der Waals surface area contributed by atoms with Crippen LogP contribution in [0.2, 0.25) is 0 Å². The monoisotopic (exact) mass is 425 g/mol. The molecule has 1 aliphatic rings. The number of nitrogens with one attached hydrogen (secondary N) is 2. The average Bonchev–Trinajstić information content (AvgIpc) is 2.73. The Hall–Kier alpha value is -2.68. The van der Waals surface area contributed by atoms with Gasteiger partial charge in [0.25, 0.3) is 5.91 Å². The molecular weight excluding hydrogens is 401 g/mol. The van der Waals surface area contributed by atoms with E-state index in [9.17, 15) is 9.18 Å². The second-order valence-electron chi connectivity index (χ2n) is 7.55. The maximum absolute atomic E-state index is 14.5. The van der Waals surface area contributed by atoms with Crippen molar-refractivity contribution in [2.45, 2.75) is 6.04 Å². The smallest absolute Gasteiger partial charge is 0.254 e. The average molecular weight is 426 g/mol. The Morgan fingerprint density at radius 2 is 2.13 bits per heavy atom. The van der Waals surface area contributed by atoms with Crippen molar-refractivity contribution in [3.05, 3.63) is 71.2 Å². The summed E-state index contributed by atoms with van der Waals surface area (Å²) in [5, 5.41) is 3.84. The zero-order valence-electron chi connectivity index (χ0n) is 17.1. The number of amides is 1. The number of hydrogen-bond donors (Lipinski definition) is 2. The van der Waals surface area contributed by atoms with Crippen molar-refractivity contribution >= 4 is 34.6 Å². The molecule has 6 nitrogen and oxygen atoms in total. The maximum Gasteiger partial charge on any atom is 0.254 e. The quantitative estimate of drug-likeness (QED) is 0.609. The van der Waals surface area contributed by atoms with Gasteiger partial charge in [-0.05, 0) is 37.9 Å². The van der Waals surface area contributed by atoms with Gasteiger partial charge in [-0.25, -0.2) is 8.70 Å². The maximum atomic E-state index is 14.5. The first-order valence-electron chi connectivity index (χ1n) is 9.71. The molecule has 0 saturated heterocycles. The van der Waals surface area contributed by atoms with Gasteiger partial charge in [-0.2, -0.15) is 0 Å². The molecule has 2 N–H and O–H groups in total. The Morgan fingerprint density at radius 3 is 2.93 bits per heavy atom. The summed E-state index contributed by atoms with van der Waals surface area (Å²) >= 11 is 1.46. The van der Waals surface area contributed by atoms with Crippen molar-refractivity contribution in [1.29, 1.82) is 0 Å². The van der Waals surface area contributed by atoms with E-state index >= 15 is 0 Å². The Balaban J connectivity index is 1.71. The third kappa shape index (κ3) is 3.98. The van der Waals surface area contributed by atoms with Crippen LogP contribution in [0, 0.1) is 5.82 Å². The molecular formula is C22H24FN5OS. The Morgan fingerprint density at radius 1 is 1.30 bits per heavy atom. The number of halogens is 1. The number of likely N-dealkylation sites (N-methyl/N-ethyl adjacent to an activating group) is 1. The molecule has 1 unspecified atom stereocenters. The van der Waals surface area contributed by atoms with E-state index in [0.29, 0.717) is 13.1 Å². The molecule has 4 rings (SSSR count). The minimum Gasteiger partial charge on any atom is -0.351 e. The molecule has 8 heteroatoms. The summed E-state index contributed by atoms with van der Waals surface area (Å²) in [5.74, 6) is -0.924. The van der Waals surface area contributed by atoms with Gasteiger partial charge < -0.3 is 14.9 Å². The number of aromatic nitrogens is 1. The van der Waals surface area contributed by atoms with Crippen LogP contribution in [0.15, 0.2) is 48.7 Å². The van der Waals surface area contributed by atoms with Crippen LogP contribution in [-0.2, 0) is 0 Å². The molecule has 0 bridgehead atoms. The van der Waals surface area contributed by atoms with E-state index in [0.717, 1.165) is 27.7 Å². The zero-order valence-corrected chi connectivity index (χ0v) is 18.0. The molecule has 0 saturated carbocycles. The molecule has 30 heavy (non-hydrogen) atoms. The predicted octanol–water partition coefficient (Wildman–Crippen LogP) is 3.68. The molecule has 1 aliphatic heterocycles. The normalized spacial score (nSPS) is 16.4. The van der Waals surface area contributed by atoms with Crippen molar-refractivity contribution < 1.29 is 9.18 Å². The fourth-order valence-corrected chi connectivity index (χ4v) is 4.42. The first kappa shape index (κ1) is 20.6. The first-order chi connectivity index (χ1) is 14.5. The molecule has 1 atom stereocenters. The number of fused-ring (bicyclic) bond motifs is 3. The largest absolute Gasteiger partial charge is 0.351 e. The molecule has 0 spiro atoms. The highest BCUT2D eigenvalue weighted by atomic mass is 32.2. The van der Waals surface area contributed by atoms with Gasteiger partial charge in [0, 0.05) is 49.4 Å². The third-order valence-electron chi connectivity index (χ3n) is 5.15. The highest BCUT2D eigenvalue weighted by Gasteiger charge is 2.30. The topological polar surface area (TPSA) is 60.5 Å². The molecule has 2 aromatic carbocycles. The highest BCUT2D eigenvalue weighted by molar-refractivity contribution is 7.98. The lowest BCUT2D eigenvalue weighted by Gasteiger charge is -2.34. The second-order valence-corrected chi connectivity index (χ2v) is 8.51. The van der Waals surface area contributed by atoms with E-state index in [1.54, 1.807) is 18.3 Å². The number of carbonyl (C=O) groups is 1. The number of nitrogens with zero attached hydrogens (tertiary/aromatic N) is 3. The summed E-state index contributed by atoms with van der Waals surface area (Å²) in [6.07, 6.45) is 1.77. The van der Waals surface area contributed by atoms with Crippen molar-refractivity contribution in [2.24, 2.45) is 0 Å². The van der Waals surface area contributed by atoms with Crippen LogP contribution in [-0.4, -0.2) is 54.3 Å². The SMILES string of the molecule is CN(C)CCNC(=O)c1cc(C2c3ccc4cccnc4c3NSN2C)ccc1F. The van der Waals surface area contributed by atoms with Gasteiger partial charge >= 0.3 is 0 Å². The second kappa shape index (κ2) is 8.59. The van der Waals surface area contributed by atoms with E-state index in [1.807, 2.05) is 44.2 Å². The number of anilines is 1. The number of pyridine rings is 1. The number of carbonyl (C=O) groups excluding carboxylic acids is 1. The fraction of sp³-hybridized carbons (Fsp3) is 0.273. The van der Waals surface area contributed by atoms with Crippen molar-refractivity contribution in [3.63, 3.8) is 0 Å². The number of benzene rings is 2. The lowest BCUT2D eigenvalue weighted by atomic mass is 9.94. The molecule has 1 amide bonds. The van der Waals surface area contributed by atoms with E-state index < -0.39 is 11.7 Å². The fourth-order valence-electron chi connectivity index (χ4n) is 3.63. The summed E-state index contributed by atoms with van der Waals surface area (Å²) < 4.78 is 19.9. The van der Waals surface area contributed by atoms with E-state index in [-0.39, 0.29) is 11.6 Å². The highest BCUT2D eigenvalue weighted by Crippen LogP contribution is 2.44. The van der Waals surface area contributed by atoms with E-state index in [1.165, 1.54) is 18.2 Å². The minimum absolute atomic E-state index is 0.0589. The van der Waals surface area contributed by atoms with Gasteiger partial charge in [0.2, 0.25) is 0 Å². The van der Waals surface area contributed by atoms with Crippen LogP contribution in [0.3, 0.4) is 0 Å². The summed E-state index contributed by atoms with van der Waals surface area (Å²) in [5.41, 5.74) is 3.78. The standard InChI is InChI=1S/C22H24FN5OS/c1-27(2)12-11-25-22(29)17-13-15(7-9-18(17)23)21-16-8-6-14-5-4-10-24-19(14)20(16)26-30-28(21)3/h4-10,13,21,26H,11-12H2,1-3H3,(H,25,29). The summed E-state index contributed by atoms with van der Waals surface area (Å²) in [4.78, 5) is 19.1. The van der Waals surface area contributed by atoms with Crippen LogP contribution in [0.5, 0.6) is 0 Å². The van der Waals surface area contributed by atoms with Gasteiger partial charge in [-0.3, -0.25) is 9.78 Å². The van der Waals surface area contributed by atoms with Gasteiger partial charge in [0.1, 0.15) is 5.82 Å². The lowest BCUT2D eigenvalue weighted by Crippen LogP contribution is -2.32. The Labute approximate surface area is 179 Å². The van der Waals surface area contributed by atoms with Crippen LogP contribution < -0.4 is 10.0 Å². The van der Waals surface area contributed by atoms with E-state index in [2.05, 4.69) is 25.4 Å². The van der Waals surface area contributed by atoms with Crippen LogP contribution in [0.4, 0.5) is 10.1 Å². The van der Waals surface area contributed by atoms with E-state index in [4.69, 9.17) is 0 Å². The van der Waals surface area contributed by atoms with Gasteiger partial charge in [0.15, 0.2) is 0 Å². The van der Waals surface area contributed by atoms with Crippen LogP contribution in [0.25, 0.3) is 10.9 Å². The summed E-state index contributed by atoms with van der Waals surface area (Å²) in [7, 11) is 5.82. The summed E-state index contributed by atoms with van der Waals surface area (Å²) in [6, 6.07) is 12.7. The van der Waals surface area contributed by atoms with Crippen LogP contribution in [0.1, 0.15) is 27.5 Å². The molecule has 0 radical (unpaired) electrons. The van der Waals surface area contributed by atoms with Crippen molar-refractivity contribution in [2.75, 3.05) is 39.0 Å². The number of rotatable bonds is 5. The summed E-state index contributed by atoms with van der Waals surface area (Å²) in [6.45, 7) is 1.15. The molecule has 0 fully saturated rings. The first-order valence-corrected chi connectivity index (χ1v) is 10.5. The minimum atomic E-state index is -0.522. The van der Waals surface area contributed by atoms with Gasteiger partial charge in [-0.15, -0.1) is 0 Å². The van der Waals surface area contributed by atoms with Crippen molar-refractivity contribution in [1.82, 2.24) is 19.5 Å². The zero-order chi connectivity index (χ0) is 21.3. The molecule has 1 aromatic heterocycles. The molecule has 156 valence electrons. The van der Waals surface area contributed by atoms with Crippen LogP contribution >= 0.6 is 12.1 Å². The van der Waals surface area contributed by atoms with Gasteiger partial charge in [0.05, 0.1) is 22.8 Å². The lowest BCUT2D eigenvalue weighted by molar-refractivity contribution is 0.0947. The molecule has 3 aromatic rings. The predicted molar refractivity (Wildman–Crippen MR) is 120 cm³/mol. The van der Waals surface area contributed by atoms with Gasteiger partial charge in [-0.1, -0.05) is 24.3 Å². The third-order valence-corrected chi connectivity index (χ3v) is 5.95. The Kier molecular flexibility index (Phi) is 5.90. The number of hydrogen-bond acceptors (Lipinski definition) is 6.